The number of benzene rings is 1. The molecule has 2 aromatic heterocycles. The number of hydrogen-bond acceptors (Lipinski definition) is 3. The zero-order valence-electron chi connectivity index (χ0n) is 15.8. The summed E-state index contributed by atoms with van der Waals surface area (Å²) < 4.78 is 2.06. The van der Waals surface area contributed by atoms with Crippen molar-refractivity contribution in [2.75, 3.05) is 26.2 Å². The van der Waals surface area contributed by atoms with E-state index in [4.69, 9.17) is 0 Å². The number of fused-ring (bicyclic) bond motifs is 1. The van der Waals surface area contributed by atoms with E-state index in [1.54, 1.807) is 0 Å². The Bertz CT molecular complexity index is 892. The number of nitrogens with zero attached hydrogens (tertiary/aromatic N) is 4. The van der Waals surface area contributed by atoms with Crippen LogP contribution in [0.4, 0.5) is 0 Å². The molecule has 4 rings (SSSR count). The van der Waals surface area contributed by atoms with Crippen LogP contribution in [0.3, 0.4) is 0 Å². The lowest BCUT2D eigenvalue weighted by atomic mass is 10.1. The first kappa shape index (κ1) is 17.7. The summed E-state index contributed by atoms with van der Waals surface area (Å²) >= 11 is 0. The molecule has 0 spiro atoms. The highest BCUT2D eigenvalue weighted by molar-refractivity contribution is 5.76. The minimum absolute atomic E-state index is 0.267. The fourth-order valence-electron chi connectivity index (χ4n) is 3.72. The van der Waals surface area contributed by atoms with Gasteiger partial charge in [-0.1, -0.05) is 35.9 Å². The van der Waals surface area contributed by atoms with Crippen molar-refractivity contribution in [3.05, 3.63) is 71.7 Å². The van der Waals surface area contributed by atoms with Crippen molar-refractivity contribution in [1.29, 1.82) is 0 Å². The number of pyridine rings is 1. The van der Waals surface area contributed by atoms with Crippen LogP contribution in [0.15, 0.2) is 54.9 Å². The summed E-state index contributed by atoms with van der Waals surface area (Å²) in [5.41, 5.74) is 4.56. The van der Waals surface area contributed by atoms with Crippen LogP contribution in [0.2, 0.25) is 0 Å². The number of rotatable bonds is 5. The van der Waals surface area contributed by atoms with Gasteiger partial charge in [0.15, 0.2) is 0 Å². The number of amides is 1. The highest BCUT2D eigenvalue weighted by Crippen LogP contribution is 2.12. The van der Waals surface area contributed by atoms with Gasteiger partial charge in [-0.2, -0.15) is 0 Å². The van der Waals surface area contributed by atoms with Crippen molar-refractivity contribution in [1.82, 2.24) is 19.2 Å². The molecule has 5 heteroatoms. The normalized spacial score (nSPS) is 15.4. The predicted molar refractivity (Wildman–Crippen MR) is 107 cm³/mol. The van der Waals surface area contributed by atoms with Gasteiger partial charge in [0, 0.05) is 51.5 Å². The van der Waals surface area contributed by atoms with Gasteiger partial charge >= 0.3 is 0 Å². The van der Waals surface area contributed by atoms with E-state index in [0.717, 1.165) is 50.5 Å². The average molecular weight is 362 g/mol. The molecule has 1 fully saturated rings. The van der Waals surface area contributed by atoms with E-state index in [9.17, 15) is 4.79 Å². The molecule has 3 aromatic rings. The highest BCUT2D eigenvalue weighted by atomic mass is 16.2. The molecule has 1 aromatic carbocycles. The molecule has 0 unspecified atom stereocenters. The smallest absolute Gasteiger partial charge is 0.222 e. The number of carbonyl (C=O) groups is 1. The topological polar surface area (TPSA) is 40.9 Å². The molecule has 0 N–H and O–H groups in total. The molecule has 3 heterocycles. The number of aromatic nitrogens is 2. The first-order valence-corrected chi connectivity index (χ1v) is 9.66. The Morgan fingerprint density at radius 2 is 1.93 bits per heavy atom. The summed E-state index contributed by atoms with van der Waals surface area (Å²) in [6.07, 6.45) is 5.53. The summed E-state index contributed by atoms with van der Waals surface area (Å²) in [7, 11) is 0. The largest absolute Gasteiger partial charge is 0.340 e. The third kappa shape index (κ3) is 4.37. The minimum atomic E-state index is 0.267. The maximum absolute atomic E-state index is 12.5. The van der Waals surface area contributed by atoms with E-state index in [1.807, 2.05) is 29.3 Å². The molecule has 1 amide bonds. The number of imidazole rings is 1. The molecule has 27 heavy (non-hydrogen) atoms. The second-order valence-corrected chi connectivity index (χ2v) is 7.34. The lowest BCUT2D eigenvalue weighted by Crippen LogP contribution is -2.48. The van der Waals surface area contributed by atoms with Gasteiger partial charge in [0.1, 0.15) is 5.65 Å². The fourth-order valence-corrected chi connectivity index (χ4v) is 3.72. The lowest BCUT2D eigenvalue weighted by Gasteiger charge is -2.34. The highest BCUT2D eigenvalue weighted by Gasteiger charge is 2.21. The number of carbonyl (C=O) groups excluding carboxylic acids is 1. The summed E-state index contributed by atoms with van der Waals surface area (Å²) in [5, 5.41) is 0. The minimum Gasteiger partial charge on any atom is -0.340 e. The quantitative estimate of drug-likeness (QED) is 0.701. The first-order chi connectivity index (χ1) is 13.2. The van der Waals surface area contributed by atoms with Gasteiger partial charge in [0.2, 0.25) is 5.91 Å². The molecule has 0 atom stereocenters. The van der Waals surface area contributed by atoms with Gasteiger partial charge in [-0.3, -0.25) is 9.69 Å². The van der Waals surface area contributed by atoms with Crippen molar-refractivity contribution >= 4 is 11.6 Å². The van der Waals surface area contributed by atoms with Crippen LogP contribution in [0, 0.1) is 6.92 Å². The molecular formula is C22H26N4O. The molecule has 140 valence electrons. The third-order valence-electron chi connectivity index (χ3n) is 5.23. The van der Waals surface area contributed by atoms with Gasteiger partial charge < -0.3 is 9.30 Å². The Morgan fingerprint density at radius 1 is 1.07 bits per heavy atom. The zero-order valence-corrected chi connectivity index (χ0v) is 15.8. The molecule has 1 saturated heterocycles. The summed E-state index contributed by atoms with van der Waals surface area (Å²) in [5.74, 6) is 0.267. The zero-order chi connectivity index (χ0) is 18.6. The summed E-state index contributed by atoms with van der Waals surface area (Å²) in [6.45, 7) is 6.36. The van der Waals surface area contributed by atoms with E-state index in [2.05, 4.69) is 51.7 Å². The van der Waals surface area contributed by atoms with Gasteiger partial charge in [-0.15, -0.1) is 0 Å². The summed E-state index contributed by atoms with van der Waals surface area (Å²) in [6, 6.07) is 14.5. The van der Waals surface area contributed by atoms with Crippen LogP contribution in [-0.2, 0) is 17.8 Å². The van der Waals surface area contributed by atoms with E-state index < -0.39 is 0 Å². The molecule has 1 aliphatic heterocycles. The van der Waals surface area contributed by atoms with Gasteiger partial charge in [0.25, 0.3) is 0 Å². The predicted octanol–water partition coefficient (Wildman–Crippen LogP) is 2.92. The van der Waals surface area contributed by atoms with Crippen LogP contribution >= 0.6 is 0 Å². The molecule has 5 nitrogen and oxygen atoms in total. The van der Waals surface area contributed by atoms with E-state index >= 15 is 0 Å². The van der Waals surface area contributed by atoms with Crippen molar-refractivity contribution in [3.63, 3.8) is 0 Å². The summed E-state index contributed by atoms with van der Waals surface area (Å²) in [4.78, 5) is 21.6. The lowest BCUT2D eigenvalue weighted by molar-refractivity contribution is -0.133. The van der Waals surface area contributed by atoms with Crippen LogP contribution in [0.1, 0.15) is 23.2 Å². The fraction of sp³-hybridized carbons (Fsp3) is 0.364. The van der Waals surface area contributed by atoms with E-state index in [0.29, 0.717) is 6.42 Å². The Kier molecular flexibility index (Phi) is 5.21. The standard InChI is InChI=1S/C22H26N4O/c1-18-5-4-6-19(15-18)8-9-22(27)25-13-11-24(12-14-25)16-20-17-26-10-3-2-7-21(26)23-20/h2-7,10,15,17H,8-9,11-14,16H2,1H3. The van der Waals surface area contributed by atoms with E-state index in [1.165, 1.54) is 11.1 Å². The Hall–Kier alpha value is -2.66. The molecular weight excluding hydrogens is 336 g/mol. The first-order valence-electron chi connectivity index (χ1n) is 9.66. The molecule has 1 aliphatic rings. The molecule has 0 bridgehead atoms. The van der Waals surface area contributed by atoms with Gasteiger partial charge in [-0.05, 0) is 31.0 Å². The van der Waals surface area contributed by atoms with Crippen molar-refractivity contribution in [2.45, 2.75) is 26.3 Å². The van der Waals surface area contributed by atoms with Gasteiger partial charge in [0.05, 0.1) is 5.69 Å². The van der Waals surface area contributed by atoms with Crippen LogP contribution in [0.5, 0.6) is 0 Å². The Balaban J connectivity index is 1.26. The number of aryl methyl sites for hydroxylation is 2. The Morgan fingerprint density at radius 3 is 2.70 bits per heavy atom. The maximum Gasteiger partial charge on any atom is 0.222 e. The number of piperazine rings is 1. The monoisotopic (exact) mass is 362 g/mol. The second kappa shape index (κ2) is 7.92. The molecule has 0 saturated carbocycles. The average Bonchev–Trinajstić information content (AvgIpc) is 3.09. The molecule has 0 aliphatic carbocycles. The van der Waals surface area contributed by atoms with Crippen LogP contribution < -0.4 is 0 Å². The van der Waals surface area contributed by atoms with Crippen molar-refractivity contribution in [2.24, 2.45) is 0 Å². The SMILES string of the molecule is Cc1cccc(CCC(=O)N2CCN(Cc3cn4ccccc4n3)CC2)c1. The van der Waals surface area contributed by atoms with Crippen molar-refractivity contribution < 1.29 is 4.79 Å². The van der Waals surface area contributed by atoms with Crippen LogP contribution in [-0.4, -0.2) is 51.3 Å². The molecule has 0 radical (unpaired) electrons. The van der Waals surface area contributed by atoms with E-state index in [-0.39, 0.29) is 5.91 Å². The second-order valence-electron chi connectivity index (χ2n) is 7.34. The Labute approximate surface area is 160 Å². The van der Waals surface area contributed by atoms with Crippen molar-refractivity contribution in [3.8, 4) is 0 Å². The van der Waals surface area contributed by atoms with Gasteiger partial charge in [-0.25, -0.2) is 4.98 Å². The third-order valence-corrected chi connectivity index (χ3v) is 5.23. The number of hydrogen-bond donors (Lipinski definition) is 0. The van der Waals surface area contributed by atoms with Crippen LogP contribution in [0.25, 0.3) is 5.65 Å². The maximum atomic E-state index is 12.5.